The van der Waals surface area contributed by atoms with Crippen LogP contribution in [0.3, 0.4) is 0 Å². The predicted molar refractivity (Wildman–Crippen MR) is 79.3 cm³/mol. The van der Waals surface area contributed by atoms with Gasteiger partial charge in [-0.15, -0.1) is 0 Å². The van der Waals surface area contributed by atoms with Gasteiger partial charge in [0.25, 0.3) is 0 Å². The predicted octanol–water partition coefficient (Wildman–Crippen LogP) is 2.53. The van der Waals surface area contributed by atoms with Gasteiger partial charge in [0.15, 0.2) is 0 Å². The van der Waals surface area contributed by atoms with Crippen LogP contribution in [-0.2, 0) is 10.3 Å². The summed E-state index contributed by atoms with van der Waals surface area (Å²) in [6.45, 7) is 11.0. The van der Waals surface area contributed by atoms with E-state index in [4.69, 9.17) is 4.74 Å². The second-order valence-electron chi connectivity index (χ2n) is 5.80. The van der Waals surface area contributed by atoms with Crippen LogP contribution in [0.2, 0.25) is 0 Å². The van der Waals surface area contributed by atoms with Gasteiger partial charge in [0, 0.05) is 39.3 Å². The molecule has 3 nitrogen and oxygen atoms in total. The first-order valence-electron chi connectivity index (χ1n) is 7.15. The highest BCUT2D eigenvalue weighted by Crippen LogP contribution is 2.28. The molecule has 1 aliphatic heterocycles. The Kier molecular flexibility index (Phi) is 4.61. The van der Waals surface area contributed by atoms with E-state index in [1.165, 1.54) is 11.1 Å². The van der Waals surface area contributed by atoms with Crippen molar-refractivity contribution in [2.45, 2.75) is 32.4 Å². The minimum absolute atomic E-state index is 0.223. The van der Waals surface area contributed by atoms with E-state index in [1.54, 1.807) is 7.11 Å². The van der Waals surface area contributed by atoms with Gasteiger partial charge in [-0.05, 0) is 31.9 Å². The summed E-state index contributed by atoms with van der Waals surface area (Å²) in [5.41, 5.74) is 2.40. The Balaban J connectivity index is 2.18. The zero-order valence-corrected chi connectivity index (χ0v) is 12.6. The van der Waals surface area contributed by atoms with Crippen molar-refractivity contribution in [3.63, 3.8) is 0 Å². The average molecular weight is 262 g/mol. The van der Waals surface area contributed by atoms with Gasteiger partial charge >= 0.3 is 0 Å². The molecule has 106 valence electrons. The molecule has 0 saturated carbocycles. The smallest absolute Gasteiger partial charge is 0.0871 e. The molecule has 2 rings (SSSR count). The zero-order chi connectivity index (χ0) is 13.9. The van der Waals surface area contributed by atoms with E-state index < -0.39 is 0 Å². The number of hydrogen-bond acceptors (Lipinski definition) is 3. The van der Waals surface area contributed by atoms with Crippen LogP contribution in [0.15, 0.2) is 24.3 Å². The molecule has 0 bridgehead atoms. The topological polar surface area (TPSA) is 24.5 Å². The summed E-state index contributed by atoms with van der Waals surface area (Å²) in [6.07, 6.45) is 0. The molecule has 1 aliphatic rings. The number of methoxy groups -OCH3 is 1. The van der Waals surface area contributed by atoms with E-state index in [0.29, 0.717) is 6.04 Å². The van der Waals surface area contributed by atoms with Crippen LogP contribution in [0.1, 0.15) is 37.9 Å². The maximum Gasteiger partial charge on any atom is 0.0871 e. The van der Waals surface area contributed by atoms with Crippen LogP contribution in [-0.4, -0.2) is 38.2 Å². The van der Waals surface area contributed by atoms with E-state index in [2.05, 4.69) is 55.3 Å². The summed E-state index contributed by atoms with van der Waals surface area (Å²) >= 11 is 0. The molecule has 0 spiro atoms. The van der Waals surface area contributed by atoms with Crippen molar-refractivity contribution in [3.05, 3.63) is 35.4 Å². The molecule has 1 N–H and O–H groups in total. The molecule has 0 radical (unpaired) electrons. The molecule has 3 heteroatoms. The lowest BCUT2D eigenvalue weighted by Crippen LogP contribution is -2.44. The normalized spacial score (nSPS) is 19.4. The number of nitrogens with one attached hydrogen (secondary N) is 1. The lowest BCUT2D eigenvalue weighted by Gasteiger charge is -2.33. The summed E-state index contributed by atoms with van der Waals surface area (Å²) < 4.78 is 5.58. The molecular weight excluding hydrogens is 236 g/mol. The van der Waals surface area contributed by atoms with Gasteiger partial charge < -0.3 is 10.1 Å². The van der Waals surface area contributed by atoms with Crippen LogP contribution >= 0.6 is 0 Å². The van der Waals surface area contributed by atoms with Gasteiger partial charge in [0.1, 0.15) is 0 Å². The average Bonchev–Trinajstić information content (AvgIpc) is 2.47. The maximum atomic E-state index is 5.58. The fraction of sp³-hybridized carbons (Fsp3) is 0.625. The molecule has 0 aliphatic carbocycles. The second-order valence-corrected chi connectivity index (χ2v) is 5.80. The minimum atomic E-state index is -0.223. The highest BCUT2D eigenvalue weighted by Gasteiger charge is 2.22. The SMILES string of the molecule is COC(C)(C)c1cccc(C(C)N2CCNCC2)c1. The Morgan fingerprint density at radius 2 is 1.95 bits per heavy atom. The third kappa shape index (κ3) is 3.35. The third-order valence-electron chi connectivity index (χ3n) is 4.27. The standard InChI is InChI=1S/C16H26N2O/c1-13(18-10-8-17-9-11-18)14-6-5-7-15(12-14)16(2,3)19-4/h5-7,12-13,17H,8-11H2,1-4H3. The molecule has 1 aromatic rings. The van der Waals surface area contributed by atoms with Crippen molar-refractivity contribution in [1.82, 2.24) is 10.2 Å². The highest BCUT2D eigenvalue weighted by atomic mass is 16.5. The van der Waals surface area contributed by atoms with Gasteiger partial charge in [-0.2, -0.15) is 0 Å². The van der Waals surface area contributed by atoms with E-state index in [-0.39, 0.29) is 5.60 Å². The van der Waals surface area contributed by atoms with Gasteiger partial charge in [0.2, 0.25) is 0 Å². The van der Waals surface area contributed by atoms with Crippen LogP contribution in [0.25, 0.3) is 0 Å². The maximum absolute atomic E-state index is 5.58. The van der Waals surface area contributed by atoms with Crippen molar-refractivity contribution in [2.24, 2.45) is 0 Å². The highest BCUT2D eigenvalue weighted by molar-refractivity contribution is 5.29. The Labute approximate surface area is 116 Å². The van der Waals surface area contributed by atoms with Crippen LogP contribution in [0.4, 0.5) is 0 Å². The first-order valence-corrected chi connectivity index (χ1v) is 7.15. The van der Waals surface area contributed by atoms with Crippen LogP contribution in [0.5, 0.6) is 0 Å². The Bertz CT molecular complexity index is 411. The minimum Gasteiger partial charge on any atom is -0.374 e. The summed E-state index contributed by atoms with van der Waals surface area (Å²) in [7, 11) is 1.77. The fourth-order valence-corrected chi connectivity index (χ4v) is 2.57. The molecule has 1 atom stereocenters. The van der Waals surface area contributed by atoms with Crippen LogP contribution < -0.4 is 5.32 Å². The van der Waals surface area contributed by atoms with Crippen molar-refractivity contribution < 1.29 is 4.74 Å². The van der Waals surface area contributed by atoms with Gasteiger partial charge in [-0.3, -0.25) is 4.90 Å². The quantitative estimate of drug-likeness (QED) is 0.902. The molecule has 19 heavy (non-hydrogen) atoms. The van der Waals surface area contributed by atoms with Crippen molar-refractivity contribution in [2.75, 3.05) is 33.3 Å². The van der Waals surface area contributed by atoms with Gasteiger partial charge in [0.05, 0.1) is 5.60 Å². The van der Waals surface area contributed by atoms with E-state index in [0.717, 1.165) is 26.2 Å². The summed E-state index contributed by atoms with van der Waals surface area (Å²) in [6, 6.07) is 9.27. The van der Waals surface area contributed by atoms with E-state index in [1.807, 2.05) is 0 Å². The number of rotatable bonds is 4. The molecule has 0 aromatic heterocycles. The number of hydrogen-bond donors (Lipinski definition) is 1. The van der Waals surface area contributed by atoms with Crippen molar-refractivity contribution >= 4 is 0 Å². The molecule has 1 unspecified atom stereocenters. The monoisotopic (exact) mass is 262 g/mol. The largest absolute Gasteiger partial charge is 0.374 e. The molecule has 1 heterocycles. The first-order chi connectivity index (χ1) is 9.04. The molecule has 1 aromatic carbocycles. The molecule has 0 amide bonds. The number of ether oxygens (including phenoxy) is 1. The number of piperazine rings is 1. The molecule has 1 fully saturated rings. The van der Waals surface area contributed by atoms with Crippen molar-refractivity contribution in [3.8, 4) is 0 Å². The Hall–Kier alpha value is -0.900. The number of nitrogens with zero attached hydrogens (tertiary/aromatic N) is 1. The molecular formula is C16H26N2O. The third-order valence-corrected chi connectivity index (χ3v) is 4.27. The van der Waals surface area contributed by atoms with Crippen molar-refractivity contribution in [1.29, 1.82) is 0 Å². The summed E-state index contributed by atoms with van der Waals surface area (Å²) in [4.78, 5) is 2.54. The zero-order valence-electron chi connectivity index (χ0n) is 12.6. The first kappa shape index (κ1) is 14.5. The lowest BCUT2D eigenvalue weighted by atomic mass is 9.94. The summed E-state index contributed by atoms with van der Waals surface area (Å²) in [5, 5.41) is 3.40. The Morgan fingerprint density at radius 3 is 2.58 bits per heavy atom. The van der Waals surface area contributed by atoms with Gasteiger partial charge in [-0.1, -0.05) is 24.3 Å². The lowest BCUT2D eigenvalue weighted by molar-refractivity contribution is 0.0190. The fourth-order valence-electron chi connectivity index (χ4n) is 2.57. The summed E-state index contributed by atoms with van der Waals surface area (Å²) in [5.74, 6) is 0. The van der Waals surface area contributed by atoms with Crippen LogP contribution in [0, 0.1) is 0 Å². The Morgan fingerprint density at radius 1 is 1.26 bits per heavy atom. The second kappa shape index (κ2) is 6.04. The van der Waals surface area contributed by atoms with E-state index >= 15 is 0 Å². The number of benzene rings is 1. The van der Waals surface area contributed by atoms with E-state index in [9.17, 15) is 0 Å². The van der Waals surface area contributed by atoms with Gasteiger partial charge in [-0.25, -0.2) is 0 Å². The molecule has 1 saturated heterocycles.